The van der Waals surface area contributed by atoms with Gasteiger partial charge in [-0.1, -0.05) is 46.8 Å². The first-order chi connectivity index (χ1) is 14.4. The van der Waals surface area contributed by atoms with Gasteiger partial charge in [-0.15, -0.1) is 0 Å². The Balaban J connectivity index is 1.93. The molecule has 3 rings (SSSR count). The van der Waals surface area contributed by atoms with E-state index in [1.54, 1.807) is 7.05 Å². The van der Waals surface area contributed by atoms with E-state index in [1.165, 1.54) is 4.57 Å². The fraction of sp³-hybridized carbons (Fsp3) is 0.583. The molecule has 1 aromatic heterocycles. The monoisotopic (exact) mass is 423 g/mol. The summed E-state index contributed by atoms with van der Waals surface area (Å²) in [5, 5.41) is 16.3. The second-order valence-corrected chi connectivity index (χ2v) is 10.4. The van der Waals surface area contributed by atoms with Crippen molar-refractivity contribution in [3.63, 3.8) is 0 Å². The summed E-state index contributed by atoms with van der Waals surface area (Å²) in [4.78, 5) is 29.8. The Morgan fingerprint density at radius 1 is 1.26 bits per heavy atom. The molecule has 1 aliphatic carbocycles. The number of para-hydroxylation sites is 1. The van der Waals surface area contributed by atoms with E-state index in [1.807, 2.05) is 24.3 Å². The largest absolute Gasteiger partial charge is 0.358 e. The summed E-state index contributed by atoms with van der Waals surface area (Å²) >= 11 is 0. The van der Waals surface area contributed by atoms with Crippen molar-refractivity contribution in [3.05, 3.63) is 34.7 Å². The lowest BCUT2D eigenvalue weighted by atomic mass is 9.66. The van der Waals surface area contributed by atoms with Crippen LogP contribution < -0.4 is 16.3 Å². The summed E-state index contributed by atoms with van der Waals surface area (Å²) in [6, 6.07) is 9.10. The van der Waals surface area contributed by atoms with Gasteiger partial charge in [-0.05, 0) is 48.6 Å². The second-order valence-electron chi connectivity index (χ2n) is 10.4. The van der Waals surface area contributed by atoms with Gasteiger partial charge < -0.3 is 10.6 Å². The van der Waals surface area contributed by atoms with Crippen molar-refractivity contribution in [2.24, 2.45) is 17.9 Å². The van der Waals surface area contributed by atoms with Crippen molar-refractivity contribution < 1.29 is 4.79 Å². The number of aromatic nitrogens is 2. The molecule has 0 aliphatic heterocycles. The van der Waals surface area contributed by atoms with Crippen LogP contribution in [0.2, 0.25) is 0 Å². The zero-order chi connectivity index (χ0) is 23.0. The van der Waals surface area contributed by atoms with Crippen LogP contribution in [-0.4, -0.2) is 27.0 Å². The van der Waals surface area contributed by atoms with Crippen LogP contribution in [0.5, 0.6) is 0 Å². The molecule has 1 amide bonds. The van der Waals surface area contributed by atoms with Crippen molar-refractivity contribution >= 4 is 22.6 Å². The van der Waals surface area contributed by atoms with E-state index in [0.717, 1.165) is 17.3 Å². The quantitative estimate of drug-likeness (QED) is 0.707. The Hall–Kier alpha value is -2.88. The van der Waals surface area contributed by atoms with Gasteiger partial charge in [0.1, 0.15) is 17.4 Å². The molecule has 7 nitrogen and oxygen atoms in total. The smallest absolute Gasteiger partial charge is 0.349 e. The average Bonchev–Trinajstić information content (AvgIpc) is 3.47. The summed E-state index contributed by atoms with van der Waals surface area (Å²) in [7, 11) is 1.68. The zero-order valence-electron chi connectivity index (χ0n) is 19.4. The first kappa shape index (κ1) is 22.8. The molecule has 1 atom stereocenters. The third-order valence-electron chi connectivity index (χ3n) is 7.06. The minimum atomic E-state index is -0.751. The summed E-state index contributed by atoms with van der Waals surface area (Å²) in [5.41, 5.74) is -0.339. The molecule has 0 radical (unpaired) electrons. The molecule has 1 heterocycles. The van der Waals surface area contributed by atoms with Crippen LogP contribution in [0.15, 0.2) is 29.1 Å². The third-order valence-corrected chi connectivity index (χ3v) is 7.06. The van der Waals surface area contributed by atoms with E-state index in [9.17, 15) is 14.9 Å². The highest BCUT2D eigenvalue weighted by atomic mass is 16.2. The maximum absolute atomic E-state index is 13.2. The van der Waals surface area contributed by atoms with E-state index in [4.69, 9.17) is 0 Å². The topological polar surface area (TPSA) is 99.8 Å². The Kier molecular flexibility index (Phi) is 5.88. The van der Waals surface area contributed by atoms with Crippen LogP contribution in [0.25, 0.3) is 10.9 Å². The summed E-state index contributed by atoms with van der Waals surface area (Å²) < 4.78 is 1.49. The maximum Gasteiger partial charge on any atom is 0.349 e. The number of fused-ring (bicyclic) bond motifs is 1. The lowest BCUT2D eigenvalue weighted by Gasteiger charge is -2.40. The van der Waals surface area contributed by atoms with Gasteiger partial charge in [0.25, 0.3) is 0 Å². The fourth-order valence-electron chi connectivity index (χ4n) is 3.44. The number of benzene rings is 1. The standard InChI is InChI=1S/C24H33N5O2/c1-22(2,3)23(4,5)12-11-17(20(30)28-24(15-25)13-14-24)26-19-16-9-7-8-10-18(16)29(6)21(31)27-19/h7-10,17H,11-14H2,1-6H3,(H,28,30)(H,26,27,31)/t17-/m0/s1. The van der Waals surface area contributed by atoms with Crippen LogP contribution in [0.1, 0.15) is 60.3 Å². The molecular formula is C24H33N5O2. The number of nitrogens with zero attached hydrogens (tertiary/aromatic N) is 3. The molecule has 2 aromatic rings. The van der Waals surface area contributed by atoms with Crippen molar-refractivity contribution in [3.8, 4) is 6.07 Å². The summed E-state index contributed by atoms with van der Waals surface area (Å²) in [5.74, 6) is 0.171. The van der Waals surface area contributed by atoms with E-state index in [0.29, 0.717) is 25.1 Å². The average molecular weight is 424 g/mol. The molecule has 7 heteroatoms. The van der Waals surface area contributed by atoms with Crippen LogP contribution in [0.3, 0.4) is 0 Å². The van der Waals surface area contributed by atoms with Gasteiger partial charge in [0, 0.05) is 12.4 Å². The number of amides is 1. The Bertz CT molecular complexity index is 1080. The molecule has 0 spiro atoms. The first-order valence-corrected chi connectivity index (χ1v) is 10.8. The molecule has 1 aromatic carbocycles. The molecule has 1 aliphatic rings. The van der Waals surface area contributed by atoms with Gasteiger partial charge in [0.2, 0.25) is 5.91 Å². The highest BCUT2D eigenvalue weighted by molar-refractivity contribution is 5.92. The fourth-order valence-corrected chi connectivity index (χ4v) is 3.44. The third kappa shape index (κ3) is 4.73. The zero-order valence-corrected chi connectivity index (χ0v) is 19.4. The van der Waals surface area contributed by atoms with E-state index < -0.39 is 11.6 Å². The number of anilines is 1. The summed E-state index contributed by atoms with van der Waals surface area (Å²) in [6.07, 6.45) is 2.69. The van der Waals surface area contributed by atoms with Gasteiger partial charge in [0.05, 0.1) is 11.6 Å². The molecule has 0 bridgehead atoms. The first-order valence-electron chi connectivity index (χ1n) is 10.8. The second kappa shape index (κ2) is 7.99. The number of carbonyl (C=O) groups is 1. The molecule has 31 heavy (non-hydrogen) atoms. The molecule has 1 fully saturated rings. The van der Waals surface area contributed by atoms with Crippen LogP contribution >= 0.6 is 0 Å². The number of aryl methyl sites for hydroxylation is 1. The summed E-state index contributed by atoms with van der Waals surface area (Å²) in [6.45, 7) is 11.0. The molecule has 1 saturated carbocycles. The molecule has 166 valence electrons. The highest BCUT2D eigenvalue weighted by Crippen LogP contribution is 2.42. The van der Waals surface area contributed by atoms with E-state index in [2.05, 4.69) is 56.3 Å². The molecular weight excluding hydrogens is 390 g/mol. The van der Waals surface area contributed by atoms with Crippen molar-refractivity contribution in [2.45, 2.75) is 71.9 Å². The molecule has 0 unspecified atom stereocenters. The number of carbonyl (C=O) groups excluding carboxylic acids is 1. The van der Waals surface area contributed by atoms with Gasteiger partial charge in [-0.2, -0.15) is 10.2 Å². The predicted molar refractivity (Wildman–Crippen MR) is 123 cm³/mol. The van der Waals surface area contributed by atoms with E-state index in [-0.39, 0.29) is 22.4 Å². The molecule has 2 N–H and O–H groups in total. The number of hydrogen-bond acceptors (Lipinski definition) is 5. The number of rotatable bonds is 7. The lowest BCUT2D eigenvalue weighted by Crippen LogP contribution is -2.46. The van der Waals surface area contributed by atoms with Crippen molar-refractivity contribution in [1.29, 1.82) is 5.26 Å². The number of nitriles is 1. The van der Waals surface area contributed by atoms with Crippen LogP contribution in [0, 0.1) is 22.2 Å². The van der Waals surface area contributed by atoms with Crippen molar-refractivity contribution in [1.82, 2.24) is 14.9 Å². The minimum absolute atomic E-state index is 0.0119. The minimum Gasteiger partial charge on any atom is -0.358 e. The van der Waals surface area contributed by atoms with Crippen LogP contribution in [0.4, 0.5) is 5.82 Å². The number of hydrogen-bond donors (Lipinski definition) is 2. The maximum atomic E-state index is 13.2. The molecule has 0 saturated heterocycles. The van der Waals surface area contributed by atoms with Gasteiger partial charge in [-0.3, -0.25) is 9.36 Å². The normalized spacial score (nSPS) is 16.4. The van der Waals surface area contributed by atoms with Crippen LogP contribution in [-0.2, 0) is 11.8 Å². The van der Waals surface area contributed by atoms with Crippen molar-refractivity contribution in [2.75, 3.05) is 5.32 Å². The lowest BCUT2D eigenvalue weighted by molar-refractivity contribution is -0.122. The highest BCUT2D eigenvalue weighted by Gasteiger charge is 2.46. The Morgan fingerprint density at radius 2 is 1.90 bits per heavy atom. The van der Waals surface area contributed by atoms with Gasteiger partial charge in [0.15, 0.2) is 0 Å². The Morgan fingerprint density at radius 3 is 2.48 bits per heavy atom. The SMILES string of the molecule is Cn1c(=O)nc(N[C@@H](CCC(C)(C)C(C)(C)C)C(=O)NC2(C#N)CC2)c2ccccc21. The number of nitrogens with one attached hydrogen (secondary N) is 2. The van der Waals surface area contributed by atoms with Gasteiger partial charge >= 0.3 is 5.69 Å². The predicted octanol–water partition coefficient (Wildman–Crippen LogP) is 3.74. The van der Waals surface area contributed by atoms with E-state index >= 15 is 0 Å². The van der Waals surface area contributed by atoms with Gasteiger partial charge in [-0.25, -0.2) is 4.79 Å². The Labute approximate surface area is 183 Å².